The number of esters is 1. The molecule has 0 saturated heterocycles. The minimum atomic E-state index is -0.377. The molecule has 0 bridgehead atoms. The van der Waals surface area contributed by atoms with Gasteiger partial charge in [-0.15, -0.1) is 11.3 Å². The Kier molecular flexibility index (Phi) is 3.76. The van der Waals surface area contributed by atoms with Gasteiger partial charge in [0, 0.05) is 11.2 Å². The van der Waals surface area contributed by atoms with Gasteiger partial charge < -0.3 is 4.74 Å². The molecule has 2 aromatic rings. The predicted molar refractivity (Wildman–Crippen MR) is 68.5 cm³/mol. The van der Waals surface area contributed by atoms with Crippen LogP contribution in [0.4, 0.5) is 0 Å². The van der Waals surface area contributed by atoms with E-state index in [0.717, 1.165) is 10.4 Å². The van der Waals surface area contributed by atoms with Gasteiger partial charge in [-0.05, 0) is 24.6 Å². The fourth-order valence-electron chi connectivity index (χ4n) is 1.31. The van der Waals surface area contributed by atoms with Crippen LogP contribution in [0, 0.1) is 0 Å². The minimum Gasteiger partial charge on any atom is -0.461 e. The molecule has 0 unspecified atom stereocenters. The molecule has 0 fully saturated rings. The predicted octanol–water partition coefficient (Wildman–Crippen LogP) is 3.64. The van der Waals surface area contributed by atoms with Crippen molar-refractivity contribution in [2.75, 3.05) is 6.61 Å². The maximum absolute atomic E-state index is 11.4. The average molecular weight is 268 g/mol. The van der Waals surface area contributed by atoms with E-state index in [0.29, 0.717) is 16.6 Å². The lowest BCUT2D eigenvalue weighted by Crippen LogP contribution is -2.03. The van der Waals surface area contributed by atoms with Crippen LogP contribution in [0.15, 0.2) is 30.5 Å². The van der Waals surface area contributed by atoms with Gasteiger partial charge in [0.2, 0.25) is 5.01 Å². The molecule has 17 heavy (non-hydrogen) atoms. The molecule has 1 aromatic heterocycles. The smallest absolute Gasteiger partial charge is 0.367 e. The van der Waals surface area contributed by atoms with Crippen LogP contribution in [0.5, 0.6) is 0 Å². The van der Waals surface area contributed by atoms with Crippen molar-refractivity contribution in [2.45, 2.75) is 6.92 Å². The molecule has 0 spiro atoms. The first-order valence-corrected chi connectivity index (χ1v) is 6.29. The topological polar surface area (TPSA) is 39.2 Å². The van der Waals surface area contributed by atoms with E-state index in [1.807, 2.05) is 12.1 Å². The van der Waals surface area contributed by atoms with Crippen LogP contribution in [0.2, 0.25) is 5.02 Å². The van der Waals surface area contributed by atoms with Crippen LogP contribution in [0.1, 0.15) is 16.7 Å². The molecule has 0 amide bonds. The molecule has 0 aliphatic heterocycles. The van der Waals surface area contributed by atoms with Crippen molar-refractivity contribution in [1.29, 1.82) is 0 Å². The fraction of sp³-hybridized carbons (Fsp3) is 0.167. The van der Waals surface area contributed by atoms with Gasteiger partial charge in [0.25, 0.3) is 0 Å². The van der Waals surface area contributed by atoms with Gasteiger partial charge in [-0.25, -0.2) is 9.78 Å². The highest BCUT2D eigenvalue weighted by atomic mass is 35.5. The van der Waals surface area contributed by atoms with Gasteiger partial charge >= 0.3 is 5.97 Å². The summed E-state index contributed by atoms with van der Waals surface area (Å²) in [6, 6.07) is 7.40. The first-order valence-electron chi connectivity index (χ1n) is 5.09. The van der Waals surface area contributed by atoms with Gasteiger partial charge in [-0.1, -0.05) is 23.7 Å². The summed E-state index contributed by atoms with van der Waals surface area (Å²) in [6.07, 6.45) is 1.67. The highest BCUT2D eigenvalue weighted by Gasteiger charge is 2.12. The van der Waals surface area contributed by atoms with Crippen LogP contribution >= 0.6 is 22.9 Å². The van der Waals surface area contributed by atoms with Gasteiger partial charge in [0.1, 0.15) is 0 Å². The van der Waals surface area contributed by atoms with Crippen LogP contribution in [0.3, 0.4) is 0 Å². The third-order valence-electron chi connectivity index (χ3n) is 2.08. The van der Waals surface area contributed by atoms with Crippen molar-refractivity contribution in [3.63, 3.8) is 0 Å². The zero-order valence-corrected chi connectivity index (χ0v) is 10.7. The number of halogens is 1. The Balaban J connectivity index is 2.23. The lowest BCUT2D eigenvalue weighted by atomic mass is 10.2. The van der Waals surface area contributed by atoms with E-state index >= 15 is 0 Å². The molecule has 0 N–H and O–H groups in total. The Hall–Kier alpha value is -1.39. The number of benzene rings is 1. The lowest BCUT2D eigenvalue weighted by molar-refractivity contribution is 0.0526. The third kappa shape index (κ3) is 2.84. The second-order valence-electron chi connectivity index (χ2n) is 3.26. The molecule has 88 valence electrons. The van der Waals surface area contributed by atoms with Crippen LogP contribution in [-0.2, 0) is 4.74 Å². The van der Waals surface area contributed by atoms with E-state index in [1.54, 1.807) is 25.3 Å². The second-order valence-corrected chi connectivity index (χ2v) is 4.72. The summed E-state index contributed by atoms with van der Waals surface area (Å²) in [6.45, 7) is 2.13. The number of hydrogen-bond acceptors (Lipinski definition) is 4. The summed E-state index contributed by atoms with van der Waals surface area (Å²) in [7, 11) is 0. The highest BCUT2D eigenvalue weighted by Crippen LogP contribution is 2.27. The van der Waals surface area contributed by atoms with Crippen molar-refractivity contribution < 1.29 is 9.53 Å². The zero-order valence-electron chi connectivity index (χ0n) is 9.14. The first kappa shape index (κ1) is 12.1. The molecule has 1 aromatic carbocycles. The lowest BCUT2D eigenvalue weighted by Gasteiger charge is -1.97. The highest BCUT2D eigenvalue weighted by molar-refractivity contribution is 7.16. The quantitative estimate of drug-likeness (QED) is 0.797. The van der Waals surface area contributed by atoms with Gasteiger partial charge in [-0.3, -0.25) is 0 Å². The largest absolute Gasteiger partial charge is 0.461 e. The van der Waals surface area contributed by atoms with E-state index in [1.165, 1.54) is 11.3 Å². The molecule has 2 rings (SSSR count). The van der Waals surface area contributed by atoms with Crippen LogP contribution in [0.25, 0.3) is 10.4 Å². The van der Waals surface area contributed by atoms with E-state index in [-0.39, 0.29) is 5.97 Å². The Bertz CT molecular complexity index is 522. The molecule has 0 radical (unpaired) electrons. The number of aromatic nitrogens is 1. The summed E-state index contributed by atoms with van der Waals surface area (Å²) in [5.41, 5.74) is 0.988. The third-order valence-corrected chi connectivity index (χ3v) is 3.36. The SMILES string of the molecule is CCOC(=O)c1ncc(-c2ccc(Cl)cc2)s1. The van der Waals surface area contributed by atoms with Crippen molar-refractivity contribution in [2.24, 2.45) is 0 Å². The first-order chi connectivity index (χ1) is 8.20. The summed E-state index contributed by atoms with van der Waals surface area (Å²) in [5, 5.41) is 1.06. The monoisotopic (exact) mass is 267 g/mol. The zero-order chi connectivity index (χ0) is 12.3. The molecule has 0 aliphatic carbocycles. The molecule has 0 aliphatic rings. The van der Waals surface area contributed by atoms with Crippen LogP contribution < -0.4 is 0 Å². The summed E-state index contributed by atoms with van der Waals surface area (Å²) in [4.78, 5) is 16.4. The summed E-state index contributed by atoms with van der Waals surface area (Å²) >= 11 is 7.12. The number of thiazole rings is 1. The summed E-state index contributed by atoms with van der Waals surface area (Å²) in [5.74, 6) is -0.377. The normalized spacial score (nSPS) is 10.2. The van der Waals surface area contributed by atoms with Gasteiger partial charge in [0.15, 0.2) is 0 Å². The molecule has 3 nitrogen and oxygen atoms in total. The number of ether oxygens (including phenoxy) is 1. The molecule has 0 atom stereocenters. The van der Waals surface area contributed by atoms with Crippen molar-refractivity contribution in [1.82, 2.24) is 4.98 Å². The van der Waals surface area contributed by atoms with Crippen molar-refractivity contribution in [3.05, 3.63) is 40.5 Å². The van der Waals surface area contributed by atoms with Crippen molar-refractivity contribution in [3.8, 4) is 10.4 Å². The minimum absolute atomic E-state index is 0.356. The van der Waals surface area contributed by atoms with E-state index in [2.05, 4.69) is 4.98 Å². The molecule has 5 heteroatoms. The second kappa shape index (κ2) is 5.29. The Morgan fingerprint density at radius 1 is 1.41 bits per heavy atom. The molecular weight excluding hydrogens is 258 g/mol. The molecule has 1 heterocycles. The fourth-order valence-corrected chi connectivity index (χ4v) is 2.25. The number of hydrogen-bond donors (Lipinski definition) is 0. The average Bonchev–Trinajstić information content (AvgIpc) is 2.80. The number of rotatable bonds is 3. The van der Waals surface area contributed by atoms with Gasteiger partial charge in [-0.2, -0.15) is 0 Å². The molecule has 0 saturated carbocycles. The number of carbonyl (C=O) groups excluding carboxylic acids is 1. The molecular formula is C12H10ClNO2S. The van der Waals surface area contributed by atoms with Crippen LogP contribution in [-0.4, -0.2) is 17.6 Å². The maximum atomic E-state index is 11.4. The standard InChI is InChI=1S/C12H10ClNO2S/c1-2-16-12(15)11-14-7-10(17-11)8-3-5-9(13)6-4-8/h3-7H,2H2,1H3. The number of nitrogens with zero attached hydrogens (tertiary/aromatic N) is 1. The van der Waals surface area contributed by atoms with E-state index in [9.17, 15) is 4.79 Å². The van der Waals surface area contributed by atoms with E-state index < -0.39 is 0 Å². The maximum Gasteiger partial charge on any atom is 0.367 e. The van der Waals surface area contributed by atoms with Crippen molar-refractivity contribution >= 4 is 28.9 Å². The number of carbonyl (C=O) groups is 1. The van der Waals surface area contributed by atoms with E-state index in [4.69, 9.17) is 16.3 Å². The Labute approximate surface area is 108 Å². The summed E-state index contributed by atoms with van der Waals surface area (Å²) < 4.78 is 4.88. The van der Waals surface area contributed by atoms with Gasteiger partial charge in [0.05, 0.1) is 11.5 Å². The Morgan fingerprint density at radius 3 is 2.76 bits per heavy atom. The Morgan fingerprint density at radius 2 is 2.12 bits per heavy atom.